The first-order chi connectivity index (χ1) is 16.4. The summed E-state index contributed by atoms with van der Waals surface area (Å²) in [5, 5.41) is 10.6. The highest BCUT2D eigenvalue weighted by atomic mass is 32.2. The van der Waals surface area contributed by atoms with Crippen LogP contribution in [0.2, 0.25) is 0 Å². The SMILES string of the molecule is CCc1ccc(Cc2nnc(NC(=O)C3CCN(S(=O)(=O)c4ccc(OC)cc4)CC3)o2)cc1. The third-order valence-corrected chi connectivity index (χ3v) is 7.92. The summed E-state index contributed by atoms with van der Waals surface area (Å²) in [6.45, 7) is 2.62. The molecular weight excluding hydrogens is 456 g/mol. The van der Waals surface area contributed by atoms with E-state index in [0.717, 1.165) is 12.0 Å². The molecule has 0 bridgehead atoms. The number of piperidine rings is 1. The number of anilines is 1. The maximum absolute atomic E-state index is 12.9. The summed E-state index contributed by atoms with van der Waals surface area (Å²) >= 11 is 0. The van der Waals surface area contributed by atoms with Crippen LogP contribution in [0.3, 0.4) is 0 Å². The number of ether oxygens (including phenoxy) is 1. The van der Waals surface area contributed by atoms with Crippen LogP contribution in [0.4, 0.5) is 6.01 Å². The van der Waals surface area contributed by atoms with Crippen LogP contribution in [0, 0.1) is 5.92 Å². The van der Waals surface area contributed by atoms with Crippen molar-refractivity contribution in [3.05, 3.63) is 65.5 Å². The number of aryl methyl sites for hydroxylation is 1. The van der Waals surface area contributed by atoms with Crippen LogP contribution in [0.1, 0.15) is 36.8 Å². The van der Waals surface area contributed by atoms with E-state index >= 15 is 0 Å². The lowest BCUT2D eigenvalue weighted by molar-refractivity contribution is -0.121. The van der Waals surface area contributed by atoms with Gasteiger partial charge >= 0.3 is 6.01 Å². The Bertz CT molecular complexity index is 1220. The van der Waals surface area contributed by atoms with Crippen molar-refractivity contribution < 1.29 is 22.4 Å². The quantitative estimate of drug-likeness (QED) is 0.522. The molecule has 1 N–H and O–H groups in total. The molecule has 1 saturated heterocycles. The van der Waals surface area contributed by atoms with Crippen molar-refractivity contribution in [1.82, 2.24) is 14.5 Å². The van der Waals surface area contributed by atoms with Crippen molar-refractivity contribution in [2.75, 3.05) is 25.5 Å². The van der Waals surface area contributed by atoms with Crippen LogP contribution in [-0.4, -0.2) is 49.0 Å². The molecule has 1 fully saturated rings. The van der Waals surface area contributed by atoms with E-state index in [-0.39, 0.29) is 35.8 Å². The number of carbonyl (C=O) groups excluding carboxylic acids is 1. The number of benzene rings is 2. The van der Waals surface area contributed by atoms with Crippen LogP contribution in [0.15, 0.2) is 57.8 Å². The second kappa shape index (κ2) is 10.4. The van der Waals surface area contributed by atoms with E-state index in [1.165, 1.54) is 29.1 Å². The number of nitrogens with one attached hydrogen (secondary N) is 1. The van der Waals surface area contributed by atoms with Crippen molar-refractivity contribution in [2.45, 2.75) is 37.5 Å². The first-order valence-electron chi connectivity index (χ1n) is 11.2. The first-order valence-corrected chi connectivity index (χ1v) is 12.7. The molecule has 0 unspecified atom stereocenters. The minimum atomic E-state index is -3.62. The third-order valence-electron chi connectivity index (χ3n) is 6.01. The van der Waals surface area contributed by atoms with Crippen molar-refractivity contribution in [3.8, 4) is 5.75 Å². The molecule has 1 aliphatic rings. The Morgan fingerprint density at radius 2 is 1.71 bits per heavy atom. The number of hydrogen-bond acceptors (Lipinski definition) is 7. The average Bonchev–Trinajstić information content (AvgIpc) is 3.31. The number of sulfonamides is 1. The summed E-state index contributed by atoms with van der Waals surface area (Å²) in [5.41, 5.74) is 2.30. The van der Waals surface area contributed by atoms with Gasteiger partial charge in [0.2, 0.25) is 21.8 Å². The fraction of sp³-hybridized carbons (Fsp3) is 0.375. The number of rotatable bonds is 8. The molecule has 2 heterocycles. The fourth-order valence-electron chi connectivity index (χ4n) is 3.91. The molecule has 0 spiro atoms. The molecule has 1 amide bonds. The molecule has 0 aliphatic carbocycles. The summed E-state index contributed by atoms with van der Waals surface area (Å²) < 4.78 is 37.9. The normalized spacial score (nSPS) is 15.2. The fourth-order valence-corrected chi connectivity index (χ4v) is 5.38. The second-order valence-corrected chi connectivity index (χ2v) is 10.1. The van der Waals surface area contributed by atoms with E-state index in [1.807, 2.05) is 12.1 Å². The predicted molar refractivity (Wildman–Crippen MR) is 126 cm³/mol. The summed E-state index contributed by atoms with van der Waals surface area (Å²) in [6.07, 6.45) is 2.27. The van der Waals surface area contributed by atoms with E-state index < -0.39 is 10.0 Å². The van der Waals surface area contributed by atoms with Gasteiger partial charge in [-0.05, 0) is 54.7 Å². The van der Waals surface area contributed by atoms with Gasteiger partial charge in [-0.3, -0.25) is 10.1 Å². The number of nitrogens with zero attached hydrogens (tertiary/aromatic N) is 3. The van der Waals surface area contributed by atoms with E-state index in [1.54, 1.807) is 12.1 Å². The Hall–Kier alpha value is -3.24. The zero-order valence-corrected chi connectivity index (χ0v) is 20.0. The minimum Gasteiger partial charge on any atom is -0.497 e. The van der Waals surface area contributed by atoms with Crippen molar-refractivity contribution in [2.24, 2.45) is 5.92 Å². The van der Waals surface area contributed by atoms with E-state index in [2.05, 4.69) is 34.6 Å². The molecule has 180 valence electrons. The highest BCUT2D eigenvalue weighted by molar-refractivity contribution is 7.89. The van der Waals surface area contributed by atoms with Crippen LogP contribution >= 0.6 is 0 Å². The minimum absolute atomic E-state index is 0.0541. The number of methoxy groups -OCH3 is 1. The zero-order chi connectivity index (χ0) is 24.1. The van der Waals surface area contributed by atoms with Gasteiger partial charge in [-0.2, -0.15) is 4.31 Å². The molecular formula is C24H28N4O5S. The Balaban J connectivity index is 1.30. The second-order valence-electron chi connectivity index (χ2n) is 8.19. The number of amides is 1. The molecule has 10 heteroatoms. The topological polar surface area (TPSA) is 115 Å². The Morgan fingerprint density at radius 3 is 2.32 bits per heavy atom. The van der Waals surface area contributed by atoms with Crippen molar-refractivity contribution in [1.29, 1.82) is 0 Å². The van der Waals surface area contributed by atoms with Crippen molar-refractivity contribution in [3.63, 3.8) is 0 Å². The zero-order valence-electron chi connectivity index (χ0n) is 19.2. The van der Waals surface area contributed by atoms with Crippen LogP contribution in [-0.2, 0) is 27.7 Å². The van der Waals surface area contributed by atoms with Gasteiger partial charge in [0.1, 0.15) is 5.75 Å². The van der Waals surface area contributed by atoms with Gasteiger partial charge in [0.15, 0.2) is 0 Å². The van der Waals surface area contributed by atoms with Gasteiger partial charge < -0.3 is 9.15 Å². The van der Waals surface area contributed by atoms with Gasteiger partial charge in [0.05, 0.1) is 18.4 Å². The molecule has 2 aromatic carbocycles. The van der Waals surface area contributed by atoms with Gasteiger partial charge in [-0.1, -0.05) is 36.3 Å². The maximum atomic E-state index is 12.9. The van der Waals surface area contributed by atoms with Crippen molar-refractivity contribution >= 4 is 21.9 Å². The van der Waals surface area contributed by atoms with E-state index in [4.69, 9.17) is 9.15 Å². The maximum Gasteiger partial charge on any atom is 0.322 e. The van der Waals surface area contributed by atoms with Gasteiger partial charge in [-0.25, -0.2) is 8.42 Å². The Kier molecular flexibility index (Phi) is 7.28. The lowest BCUT2D eigenvalue weighted by Gasteiger charge is -2.30. The largest absolute Gasteiger partial charge is 0.497 e. The number of hydrogen-bond donors (Lipinski definition) is 1. The lowest BCUT2D eigenvalue weighted by atomic mass is 9.97. The molecule has 0 radical (unpaired) electrons. The standard InChI is InChI=1S/C24H28N4O5S/c1-3-17-4-6-18(7-5-17)16-22-26-27-24(33-22)25-23(29)19-12-14-28(15-13-19)34(30,31)21-10-8-20(32-2)9-11-21/h4-11,19H,3,12-16H2,1-2H3,(H,25,27,29). The highest BCUT2D eigenvalue weighted by Crippen LogP contribution is 2.26. The Morgan fingerprint density at radius 1 is 1.06 bits per heavy atom. The number of carbonyl (C=O) groups is 1. The smallest absolute Gasteiger partial charge is 0.322 e. The molecule has 4 rings (SSSR count). The van der Waals surface area contributed by atoms with Gasteiger partial charge in [0, 0.05) is 19.0 Å². The van der Waals surface area contributed by atoms with Gasteiger partial charge in [-0.15, -0.1) is 5.10 Å². The summed E-state index contributed by atoms with van der Waals surface area (Å²) in [4.78, 5) is 12.9. The third kappa shape index (κ3) is 5.45. The average molecular weight is 485 g/mol. The molecule has 9 nitrogen and oxygen atoms in total. The van der Waals surface area contributed by atoms with Crippen LogP contribution in [0.25, 0.3) is 0 Å². The lowest BCUT2D eigenvalue weighted by Crippen LogP contribution is -2.41. The van der Waals surface area contributed by atoms with Crippen LogP contribution < -0.4 is 10.1 Å². The predicted octanol–water partition coefficient (Wildman–Crippen LogP) is 3.27. The van der Waals surface area contributed by atoms with Crippen LogP contribution in [0.5, 0.6) is 5.75 Å². The molecule has 34 heavy (non-hydrogen) atoms. The molecule has 3 aromatic rings. The molecule has 0 atom stereocenters. The highest BCUT2D eigenvalue weighted by Gasteiger charge is 2.32. The summed E-state index contributed by atoms with van der Waals surface area (Å²) in [5.74, 6) is 0.427. The number of aromatic nitrogens is 2. The van der Waals surface area contributed by atoms with E-state index in [0.29, 0.717) is 30.9 Å². The van der Waals surface area contributed by atoms with E-state index in [9.17, 15) is 13.2 Å². The summed E-state index contributed by atoms with van der Waals surface area (Å²) in [7, 11) is -2.09. The molecule has 1 aromatic heterocycles. The molecule has 1 aliphatic heterocycles. The Labute approximate surface area is 199 Å². The van der Waals surface area contributed by atoms with Gasteiger partial charge in [0.25, 0.3) is 0 Å². The summed E-state index contributed by atoms with van der Waals surface area (Å²) in [6, 6.07) is 14.5. The first kappa shape index (κ1) is 23.9. The monoisotopic (exact) mass is 484 g/mol. The molecule has 0 saturated carbocycles.